The average Bonchev–Trinajstić information content (AvgIpc) is 2.28. The Balaban J connectivity index is 3.34. The van der Waals surface area contributed by atoms with E-state index in [0.29, 0.717) is 6.04 Å². The third kappa shape index (κ3) is 10.3. The molecular formula is C13H27NO3. The van der Waals surface area contributed by atoms with E-state index in [4.69, 9.17) is 9.84 Å². The molecule has 4 heteroatoms. The van der Waals surface area contributed by atoms with Gasteiger partial charge in [-0.2, -0.15) is 0 Å². The van der Waals surface area contributed by atoms with Crippen molar-refractivity contribution in [3.8, 4) is 0 Å². The molecule has 2 atom stereocenters. The first kappa shape index (κ1) is 16.4. The molecule has 4 nitrogen and oxygen atoms in total. The highest BCUT2D eigenvalue weighted by Crippen LogP contribution is 2.09. The number of carboxylic acid groups (broad SMARTS) is 1. The second-order valence-corrected chi connectivity index (χ2v) is 4.58. The molecule has 0 rings (SSSR count). The smallest absolute Gasteiger partial charge is 0.306 e. The molecule has 0 aromatic carbocycles. The average molecular weight is 245 g/mol. The van der Waals surface area contributed by atoms with E-state index in [0.717, 1.165) is 45.4 Å². The maximum absolute atomic E-state index is 10.6. The van der Waals surface area contributed by atoms with Crippen molar-refractivity contribution in [3.05, 3.63) is 0 Å². The summed E-state index contributed by atoms with van der Waals surface area (Å²) in [5.41, 5.74) is 0. The molecule has 0 saturated carbocycles. The summed E-state index contributed by atoms with van der Waals surface area (Å²) in [5, 5.41) is 12.2. The van der Waals surface area contributed by atoms with Crippen LogP contribution in [-0.4, -0.2) is 36.9 Å². The number of nitrogens with one attached hydrogen (secondary N) is 1. The summed E-state index contributed by atoms with van der Waals surface area (Å²) >= 11 is 0. The van der Waals surface area contributed by atoms with Gasteiger partial charge in [-0.25, -0.2) is 0 Å². The Kier molecular flexibility index (Phi) is 10.2. The van der Waals surface area contributed by atoms with Gasteiger partial charge in [0.15, 0.2) is 0 Å². The van der Waals surface area contributed by atoms with E-state index in [9.17, 15) is 4.79 Å². The van der Waals surface area contributed by atoms with Crippen LogP contribution < -0.4 is 5.32 Å². The minimum absolute atomic E-state index is 0.222. The molecule has 0 saturated heterocycles. The highest BCUT2D eigenvalue weighted by Gasteiger charge is 2.10. The molecule has 0 amide bonds. The topological polar surface area (TPSA) is 58.6 Å². The molecular weight excluding hydrogens is 218 g/mol. The van der Waals surface area contributed by atoms with Crippen molar-refractivity contribution in [2.45, 2.75) is 52.5 Å². The molecule has 17 heavy (non-hydrogen) atoms. The van der Waals surface area contributed by atoms with Gasteiger partial charge in [-0.3, -0.25) is 4.79 Å². The highest BCUT2D eigenvalue weighted by molar-refractivity contribution is 5.69. The fourth-order valence-corrected chi connectivity index (χ4v) is 1.62. The van der Waals surface area contributed by atoms with Crippen molar-refractivity contribution in [2.75, 3.05) is 19.8 Å². The number of carbonyl (C=O) groups is 1. The number of hydrogen-bond acceptors (Lipinski definition) is 3. The van der Waals surface area contributed by atoms with E-state index in [2.05, 4.69) is 12.2 Å². The van der Waals surface area contributed by atoms with Crippen molar-refractivity contribution >= 4 is 5.97 Å². The molecule has 0 aromatic rings. The van der Waals surface area contributed by atoms with Gasteiger partial charge in [0.1, 0.15) is 0 Å². The van der Waals surface area contributed by atoms with Gasteiger partial charge in [0.05, 0.1) is 5.92 Å². The molecule has 2 N–H and O–H groups in total. The Hall–Kier alpha value is -0.610. The van der Waals surface area contributed by atoms with E-state index in [1.165, 1.54) is 0 Å². The van der Waals surface area contributed by atoms with Crippen molar-refractivity contribution in [1.29, 1.82) is 0 Å². The first-order valence-corrected chi connectivity index (χ1v) is 6.61. The summed E-state index contributed by atoms with van der Waals surface area (Å²) in [6, 6.07) is 0.456. The maximum atomic E-state index is 10.6. The zero-order valence-electron chi connectivity index (χ0n) is 11.4. The summed E-state index contributed by atoms with van der Waals surface area (Å²) in [7, 11) is 0. The van der Waals surface area contributed by atoms with Crippen molar-refractivity contribution in [3.63, 3.8) is 0 Å². The lowest BCUT2D eigenvalue weighted by molar-refractivity contribution is -0.141. The van der Waals surface area contributed by atoms with Gasteiger partial charge in [-0.05, 0) is 39.7 Å². The van der Waals surface area contributed by atoms with Crippen molar-refractivity contribution < 1.29 is 14.6 Å². The van der Waals surface area contributed by atoms with E-state index < -0.39 is 5.97 Å². The zero-order chi connectivity index (χ0) is 13.1. The number of hydrogen-bond donors (Lipinski definition) is 2. The van der Waals surface area contributed by atoms with Crippen LogP contribution in [-0.2, 0) is 9.53 Å². The quantitative estimate of drug-likeness (QED) is 0.548. The number of carboxylic acids is 1. The summed E-state index contributed by atoms with van der Waals surface area (Å²) in [6.07, 6.45) is 3.79. The molecule has 0 spiro atoms. The lowest BCUT2D eigenvalue weighted by Crippen LogP contribution is -2.27. The lowest BCUT2D eigenvalue weighted by atomic mass is 10.0. The SMILES string of the molecule is CCOCCCNC(C)CCCC(C)C(=O)O. The van der Waals surface area contributed by atoms with Gasteiger partial charge >= 0.3 is 5.97 Å². The fourth-order valence-electron chi connectivity index (χ4n) is 1.62. The van der Waals surface area contributed by atoms with Crippen LogP contribution >= 0.6 is 0 Å². The van der Waals surface area contributed by atoms with E-state index in [-0.39, 0.29) is 5.92 Å². The summed E-state index contributed by atoms with van der Waals surface area (Å²) in [5.74, 6) is -0.914. The monoisotopic (exact) mass is 245 g/mol. The molecule has 0 heterocycles. The Morgan fingerprint density at radius 3 is 2.59 bits per heavy atom. The van der Waals surface area contributed by atoms with E-state index in [1.54, 1.807) is 6.92 Å². The Morgan fingerprint density at radius 2 is 2.00 bits per heavy atom. The largest absolute Gasteiger partial charge is 0.481 e. The predicted molar refractivity (Wildman–Crippen MR) is 69.2 cm³/mol. The molecule has 2 unspecified atom stereocenters. The van der Waals surface area contributed by atoms with E-state index >= 15 is 0 Å². The van der Waals surface area contributed by atoms with Crippen molar-refractivity contribution in [1.82, 2.24) is 5.32 Å². The zero-order valence-corrected chi connectivity index (χ0v) is 11.4. The first-order chi connectivity index (χ1) is 8.07. The molecule has 0 aromatic heterocycles. The van der Waals surface area contributed by atoms with Crippen LogP contribution in [0.15, 0.2) is 0 Å². The lowest BCUT2D eigenvalue weighted by Gasteiger charge is -2.14. The minimum Gasteiger partial charge on any atom is -0.481 e. The molecule has 0 fully saturated rings. The minimum atomic E-state index is -0.692. The van der Waals surface area contributed by atoms with Crippen molar-refractivity contribution in [2.24, 2.45) is 5.92 Å². The molecule has 0 aliphatic heterocycles. The number of ether oxygens (including phenoxy) is 1. The third-order valence-corrected chi connectivity index (χ3v) is 2.86. The van der Waals surface area contributed by atoms with Gasteiger partial charge in [0.25, 0.3) is 0 Å². The molecule has 0 bridgehead atoms. The molecule has 0 aliphatic carbocycles. The predicted octanol–water partition coefficient (Wildman–Crippen LogP) is 2.28. The Bertz CT molecular complexity index is 197. The van der Waals surface area contributed by atoms with Gasteiger partial charge < -0.3 is 15.2 Å². The molecule has 102 valence electrons. The molecule has 0 radical (unpaired) electrons. The molecule has 0 aliphatic rings. The number of aliphatic carboxylic acids is 1. The van der Waals surface area contributed by atoms with Crippen LogP contribution in [0.1, 0.15) is 46.5 Å². The van der Waals surface area contributed by atoms with Crippen LogP contribution in [0, 0.1) is 5.92 Å². The summed E-state index contributed by atoms with van der Waals surface area (Å²) in [4.78, 5) is 10.6. The Labute approximate surface area is 105 Å². The van der Waals surface area contributed by atoms with Crippen LogP contribution in [0.2, 0.25) is 0 Å². The normalized spacial score (nSPS) is 14.5. The van der Waals surface area contributed by atoms with Gasteiger partial charge in [0, 0.05) is 19.3 Å². The van der Waals surface area contributed by atoms with Gasteiger partial charge in [0.2, 0.25) is 0 Å². The van der Waals surface area contributed by atoms with Gasteiger partial charge in [-0.15, -0.1) is 0 Å². The standard InChI is InChI=1S/C13H27NO3/c1-4-17-10-6-9-14-12(3)8-5-7-11(2)13(15)16/h11-12,14H,4-10H2,1-3H3,(H,15,16). The number of rotatable bonds is 11. The second-order valence-electron chi connectivity index (χ2n) is 4.58. The Morgan fingerprint density at radius 1 is 1.29 bits per heavy atom. The van der Waals surface area contributed by atoms with Crippen LogP contribution in [0.3, 0.4) is 0 Å². The summed E-state index contributed by atoms with van der Waals surface area (Å²) < 4.78 is 5.25. The third-order valence-electron chi connectivity index (χ3n) is 2.86. The van der Waals surface area contributed by atoms with Gasteiger partial charge in [-0.1, -0.05) is 13.3 Å². The fraction of sp³-hybridized carbons (Fsp3) is 0.923. The summed E-state index contributed by atoms with van der Waals surface area (Å²) in [6.45, 7) is 8.47. The maximum Gasteiger partial charge on any atom is 0.306 e. The van der Waals surface area contributed by atoms with Crippen LogP contribution in [0.25, 0.3) is 0 Å². The first-order valence-electron chi connectivity index (χ1n) is 6.61. The van der Waals surface area contributed by atoms with Crippen LogP contribution in [0.5, 0.6) is 0 Å². The van der Waals surface area contributed by atoms with E-state index in [1.807, 2.05) is 6.92 Å². The highest BCUT2D eigenvalue weighted by atomic mass is 16.5. The van der Waals surface area contributed by atoms with Crippen LogP contribution in [0.4, 0.5) is 0 Å². The second kappa shape index (κ2) is 10.5.